The van der Waals surface area contributed by atoms with Gasteiger partial charge in [-0.05, 0) is 31.0 Å². The van der Waals surface area contributed by atoms with Crippen molar-refractivity contribution in [2.45, 2.75) is 39.7 Å². The summed E-state index contributed by atoms with van der Waals surface area (Å²) in [5, 5.41) is 8.79. The molecule has 96 valence electrons. The molecule has 0 radical (unpaired) electrons. The van der Waals surface area contributed by atoms with E-state index in [0.717, 1.165) is 41.8 Å². The Morgan fingerprint density at radius 3 is 2.89 bits per heavy atom. The fourth-order valence-corrected chi connectivity index (χ4v) is 2.18. The summed E-state index contributed by atoms with van der Waals surface area (Å²) >= 11 is 0. The molecule has 0 saturated carbocycles. The van der Waals surface area contributed by atoms with E-state index in [1.807, 2.05) is 25.1 Å². The monoisotopic (exact) mass is 246 g/mol. The Hall–Kier alpha value is -1.84. The fraction of sp³-hybridized carbons (Fsp3) is 0.429. The predicted molar refractivity (Wildman–Crippen MR) is 70.7 cm³/mol. The second-order valence-electron chi connectivity index (χ2n) is 4.56. The van der Waals surface area contributed by atoms with E-state index in [-0.39, 0.29) is 6.42 Å². The molecule has 1 N–H and O–H groups in total. The van der Waals surface area contributed by atoms with E-state index >= 15 is 0 Å². The van der Waals surface area contributed by atoms with E-state index in [1.54, 1.807) is 0 Å². The Balaban J connectivity index is 2.37. The Labute approximate surface area is 106 Å². The van der Waals surface area contributed by atoms with Crippen molar-refractivity contribution in [3.8, 4) is 0 Å². The molecular formula is C14H18N2O2. The van der Waals surface area contributed by atoms with Crippen LogP contribution in [-0.2, 0) is 17.8 Å². The highest BCUT2D eigenvalue weighted by atomic mass is 16.4. The first-order chi connectivity index (χ1) is 8.61. The molecule has 2 rings (SSSR count). The van der Waals surface area contributed by atoms with Crippen LogP contribution in [0, 0.1) is 6.92 Å². The third-order valence-corrected chi connectivity index (χ3v) is 3.09. The van der Waals surface area contributed by atoms with E-state index in [9.17, 15) is 4.79 Å². The van der Waals surface area contributed by atoms with E-state index in [4.69, 9.17) is 5.11 Å². The summed E-state index contributed by atoms with van der Waals surface area (Å²) in [7, 11) is 0. The molecule has 0 aliphatic heterocycles. The van der Waals surface area contributed by atoms with Crippen LogP contribution in [0.5, 0.6) is 0 Å². The zero-order chi connectivity index (χ0) is 13.1. The minimum atomic E-state index is -0.809. The number of hydrogen-bond acceptors (Lipinski definition) is 2. The SMILES string of the molecule is CCCCn1c(C)nc2cc(CC(=O)O)ccc21. The molecule has 0 saturated heterocycles. The molecule has 0 spiro atoms. The quantitative estimate of drug-likeness (QED) is 0.882. The van der Waals surface area contributed by atoms with Crippen molar-refractivity contribution in [3.63, 3.8) is 0 Å². The minimum absolute atomic E-state index is 0.0524. The molecule has 0 amide bonds. The van der Waals surface area contributed by atoms with Gasteiger partial charge in [0.05, 0.1) is 17.5 Å². The second-order valence-corrected chi connectivity index (χ2v) is 4.56. The summed E-state index contributed by atoms with van der Waals surface area (Å²) in [6.45, 7) is 5.13. The van der Waals surface area contributed by atoms with E-state index in [2.05, 4.69) is 16.5 Å². The maximum atomic E-state index is 10.7. The van der Waals surface area contributed by atoms with E-state index in [1.165, 1.54) is 0 Å². The number of hydrogen-bond donors (Lipinski definition) is 1. The molecule has 0 unspecified atom stereocenters. The lowest BCUT2D eigenvalue weighted by Gasteiger charge is -2.05. The average Bonchev–Trinajstić information content (AvgIpc) is 2.60. The van der Waals surface area contributed by atoms with Gasteiger partial charge in [-0.15, -0.1) is 0 Å². The van der Waals surface area contributed by atoms with Crippen molar-refractivity contribution in [3.05, 3.63) is 29.6 Å². The predicted octanol–water partition coefficient (Wildman–Crippen LogP) is 2.77. The number of fused-ring (bicyclic) bond motifs is 1. The summed E-state index contributed by atoms with van der Waals surface area (Å²) in [5.41, 5.74) is 2.78. The molecule has 0 fully saturated rings. The third-order valence-electron chi connectivity index (χ3n) is 3.09. The number of rotatable bonds is 5. The van der Waals surface area contributed by atoms with Crippen LogP contribution < -0.4 is 0 Å². The molecule has 1 aromatic heterocycles. The molecule has 0 bridgehead atoms. The van der Waals surface area contributed by atoms with Gasteiger partial charge in [0, 0.05) is 6.54 Å². The Bertz CT molecular complexity index is 572. The van der Waals surface area contributed by atoms with Crippen molar-refractivity contribution in [2.75, 3.05) is 0 Å². The number of aromatic nitrogens is 2. The molecule has 18 heavy (non-hydrogen) atoms. The maximum absolute atomic E-state index is 10.7. The number of carboxylic acids is 1. The van der Waals surface area contributed by atoms with Gasteiger partial charge >= 0.3 is 5.97 Å². The fourth-order valence-electron chi connectivity index (χ4n) is 2.18. The highest BCUT2D eigenvalue weighted by molar-refractivity contribution is 5.79. The molecule has 4 heteroatoms. The zero-order valence-corrected chi connectivity index (χ0v) is 10.8. The van der Waals surface area contributed by atoms with Gasteiger partial charge in [-0.2, -0.15) is 0 Å². The largest absolute Gasteiger partial charge is 0.481 e. The molecule has 2 aromatic rings. The summed E-state index contributed by atoms with van der Waals surface area (Å²) in [6, 6.07) is 5.72. The van der Waals surface area contributed by atoms with Crippen molar-refractivity contribution >= 4 is 17.0 Å². The van der Waals surface area contributed by atoms with Crippen LogP contribution in [-0.4, -0.2) is 20.6 Å². The number of unbranched alkanes of at least 4 members (excludes halogenated alkanes) is 1. The van der Waals surface area contributed by atoms with Crippen LogP contribution >= 0.6 is 0 Å². The number of aliphatic carboxylic acids is 1. The Morgan fingerprint density at radius 2 is 2.22 bits per heavy atom. The number of nitrogens with zero attached hydrogens (tertiary/aromatic N) is 2. The van der Waals surface area contributed by atoms with Crippen molar-refractivity contribution in [1.29, 1.82) is 0 Å². The molecule has 0 aliphatic rings. The lowest BCUT2D eigenvalue weighted by atomic mass is 10.1. The van der Waals surface area contributed by atoms with Gasteiger partial charge in [0.25, 0.3) is 0 Å². The van der Waals surface area contributed by atoms with Gasteiger partial charge in [0.15, 0.2) is 0 Å². The first-order valence-corrected chi connectivity index (χ1v) is 6.29. The van der Waals surface area contributed by atoms with Gasteiger partial charge in [0.1, 0.15) is 5.82 Å². The van der Waals surface area contributed by atoms with Crippen LogP contribution in [0.3, 0.4) is 0 Å². The van der Waals surface area contributed by atoms with Gasteiger partial charge in [-0.25, -0.2) is 4.98 Å². The first kappa shape index (κ1) is 12.6. The number of carboxylic acid groups (broad SMARTS) is 1. The van der Waals surface area contributed by atoms with E-state index < -0.39 is 5.97 Å². The summed E-state index contributed by atoms with van der Waals surface area (Å²) < 4.78 is 2.20. The van der Waals surface area contributed by atoms with Gasteiger partial charge in [0.2, 0.25) is 0 Å². The van der Waals surface area contributed by atoms with Crippen molar-refractivity contribution in [1.82, 2.24) is 9.55 Å². The zero-order valence-electron chi connectivity index (χ0n) is 10.8. The summed E-state index contributed by atoms with van der Waals surface area (Å²) in [5.74, 6) is 0.183. The van der Waals surface area contributed by atoms with Gasteiger partial charge in [-0.3, -0.25) is 4.79 Å². The van der Waals surface area contributed by atoms with Crippen molar-refractivity contribution in [2.24, 2.45) is 0 Å². The smallest absolute Gasteiger partial charge is 0.307 e. The Morgan fingerprint density at radius 1 is 1.44 bits per heavy atom. The highest BCUT2D eigenvalue weighted by Crippen LogP contribution is 2.18. The van der Waals surface area contributed by atoms with Crippen LogP contribution in [0.2, 0.25) is 0 Å². The first-order valence-electron chi connectivity index (χ1n) is 6.29. The minimum Gasteiger partial charge on any atom is -0.481 e. The molecule has 1 aromatic carbocycles. The normalized spacial score (nSPS) is 11.0. The van der Waals surface area contributed by atoms with Crippen LogP contribution in [0.4, 0.5) is 0 Å². The van der Waals surface area contributed by atoms with Crippen LogP contribution in [0.25, 0.3) is 11.0 Å². The molecule has 0 atom stereocenters. The second kappa shape index (κ2) is 5.21. The van der Waals surface area contributed by atoms with Crippen LogP contribution in [0.1, 0.15) is 31.2 Å². The third kappa shape index (κ3) is 2.53. The van der Waals surface area contributed by atoms with Crippen LogP contribution in [0.15, 0.2) is 18.2 Å². The van der Waals surface area contributed by atoms with Gasteiger partial charge in [-0.1, -0.05) is 19.4 Å². The number of aryl methyl sites for hydroxylation is 2. The molecular weight excluding hydrogens is 228 g/mol. The summed E-state index contributed by atoms with van der Waals surface area (Å²) in [6.07, 6.45) is 2.33. The number of carbonyl (C=O) groups is 1. The Kier molecular flexibility index (Phi) is 3.65. The molecule has 1 heterocycles. The maximum Gasteiger partial charge on any atom is 0.307 e. The summed E-state index contributed by atoms with van der Waals surface area (Å²) in [4.78, 5) is 15.2. The molecule has 0 aliphatic carbocycles. The highest BCUT2D eigenvalue weighted by Gasteiger charge is 2.08. The van der Waals surface area contributed by atoms with Gasteiger partial charge < -0.3 is 9.67 Å². The topological polar surface area (TPSA) is 55.1 Å². The van der Waals surface area contributed by atoms with Crippen molar-refractivity contribution < 1.29 is 9.90 Å². The number of imidazole rings is 1. The lowest BCUT2D eigenvalue weighted by Crippen LogP contribution is -2.01. The average molecular weight is 246 g/mol. The lowest BCUT2D eigenvalue weighted by molar-refractivity contribution is -0.136. The van der Waals surface area contributed by atoms with E-state index in [0.29, 0.717) is 0 Å². The molecule has 4 nitrogen and oxygen atoms in total. The standard InChI is InChI=1S/C14H18N2O2/c1-3-4-7-16-10(2)15-12-8-11(9-14(17)18)5-6-13(12)16/h5-6,8H,3-4,7,9H2,1-2H3,(H,17,18). The number of benzene rings is 1.